The summed E-state index contributed by atoms with van der Waals surface area (Å²) >= 11 is 1.53. The molecule has 0 saturated heterocycles. The number of carbonyl (C=O) groups excluding carboxylic acids is 1. The zero-order chi connectivity index (χ0) is 23.5. The molecular formula is C21H25F3N6OS. The summed E-state index contributed by atoms with van der Waals surface area (Å²) in [5.41, 5.74) is -0.286. The number of aromatic nitrogens is 4. The maximum Gasteiger partial charge on any atom is 0.416 e. The highest BCUT2D eigenvalue weighted by atomic mass is 32.2. The van der Waals surface area contributed by atoms with E-state index < -0.39 is 17.6 Å². The summed E-state index contributed by atoms with van der Waals surface area (Å²) in [5.74, 6) is 0.104. The van der Waals surface area contributed by atoms with Gasteiger partial charge in [0.2, 0.25) is 0 Å². The van der Waals surface area contributed by atoms with Crippen LogP contribution in [0.15, 0.2) is 35.6 Å². The first-order valence-electron chi connectivity index (χ1n) is 10.2. The van der Waals surface area contributed by atoms with Gasteiger partial charge in [-0.25, -0.2) is 14.6 Å². The van der Waals surface area contributed by atoms with E-state index in [4.69, 9.17) is 0 Å². The van der Waals surface area contributed by atoms with Gasteiger partial charge >= 0.3 is 6.18 Å². The van der Waals surface area contributed by atoms with Gasteiger partial charge < -0.3 is 10.6 Å². The van der Waals surface area contributed by atoms with E-state index in [1.165, 1.54) is 23.9 Å². The molecule has 2 N–H and O–H groups in total. The molecule has 0 spiro atoms. The fourth-order valence-electron chi connectivity index (χ4n) is 2.96. The van der Waals surface area contributed by atoms with Crippen LogP contribution in [0.25, 0.3) is 11.0 Å². The monoisotopic (exact) mass is 466 g/mol. The summed E-state index contributed by atoms with van der Waals surface area (Å²) in [6.07, 6.45) is -2.84. The van der Waals surface area contributed by atoms with Crippen molar-refractivity contribution in [1.29, 1.82) is 0 Å². The highest BCUT2D eigenvalue weighted by Crippen LogP contribution is 2.29. The second-order valence-electron chi connectivity index (χ2n) is 7.76. The summed E-state index contributed by atoms with van der Waals surface area (Å²) in [5, 5.41) is 12.0. The van der Waals surface area contributed by atoms with Crippen LogP contribution in [0.3, 0.4) is 0 Å². The molecule has 3 rings (SSSR count). The fraction of sp³-hybridized carbons (Fsp3) is 0.429. The zero-order valence-corrected chi connectivity index (χ0v) is 19.0. The van der Waals surface area contributed by atoms with E-state index in [1.54, 1.807) is 10.9 Å². The number of nitrogens with one attached hydrogen (secondary N) is 2. The molecule has 0 atom stereocenters. The number of anilines is 1. The molecule has 1 aromatic carbocycles. The van der Waals surface area contributed by atoms with Crippen molar-refractivity contribution < 1.29 is 18.0 Å². The van der Waals surface area contributed by atoms with Crippen molar-refractivity contribution in [3.8, 4) is 0 Å². The molecule has 0 bridgehead atoms. The third-order valence-corrected chi connectivity index (χ3v) is 5.17. The van der Waals surface area contributed by atoms with Gasteiger partial charge in [0.05, 0.1) is 23.7 Å². The first kappa shape index (κ1) is 23.8. The molecule has 0 unspecified atom stereocenters. The highest BCUT2D eigenvalue weighted by molar-refractivity contribution is 7.99. The van der Waals surface area contributed by atoms with Gasteiger partial charge in [0.15, 0.2) is 10.8 Å². The van der Waals surface area contributed by atoms with Crippen molar-refractivity contribution in [2.24, 2.45) is 0 Å². The Hall–Kier alpha value is -2.82. The molecule has 0 aliphatic heterocycles. The number of alkyl halides is 3. The van der Waals surface area contributed by atoms with Crippen molar-refractivity contribution in [1.82, 2.24) is 25.1 Å². The minimum Gasteiger partial charge on any atom is -0.367 e. The van der Waals surface area contributed by atoms with Crippen LogP contribution in [0.2, 0.25) is 0 Å². The standard InChI is InChI=1S/C21H25F3N6OS/c1-12(2)27-17-16-11-26-30(18(16)29-20(28-17)32-13(3)4)9-8-25-19(31)14-6-5-7-15(10-14)21(22,23)24/h5-7,10-13H,8-9H2,1-4H3,(H,25,31)(H,27,28,29). The van der Waals surface area contributed by atoms with Crippen LogP contribution in [0.1, 0.15) is 43.6 Å². The Morgan fingerprint density at radius 2 is 1.94 bits per heavy atom. The van der Waals surface area contributed by atoms with Crippen LogP contribution < -0.4 is 10.6 Å². The number of fused-ring (bicyclic) bond motifs is 1. The minimum absolute atomic E-state index is 0.0495. The lowest BCUT2D eigenvalue weighted by molar-refractivity contribution is -0.137. The van der Waals surface area contributed by atoms with Crippen molar-refractivity contribution in [2.75, 3.05) is 11.9 Å². The molecule has 2 heterocycles. The van der Waals surface area contributed by atoms with Gasteiger partial charge in [0.25, 0.3) is 5.91 Å². The van der Waals surface area contributed by atoms with Crippen LogP contribution in [-0.4, -0.2) is 43.5 Å². The molecule has 1 amide bonds. The summed E-state index contributed by atoms with van der Waals surface area (Å²) in [7, 11) is 0. The lowest BCUT2D eigenvalue weighted by Crippen LogP contribution is -2.27. The summed E-state index contributed by atoms with van der Waals surface area (Å²) in [6.45, 7) is 8.60. The van der Waals surface area contributed by atoms with Gasteiger partial charge in [-0.15, -0.1) is 0 Å². The lowest BCUT2D eigenvalue weighted by Gasteiger charge is -2.13. The number of benzene rings is 1. The van der Waals surface area contributed by atoms with Gasteiger partial charge in [-0.2, -0.15) is 18.3 Å². The lowest BCUT2D eigenvalue weighted by atomic mass is 10.1. The average molecular weight is 467 g/mol. The number of nitrogens with zero attached hydrogens (tertiary/aromatic N) is 4. The van der Waals surface area contributed by atoms with Crippen LogP contribution in [0, 0.1) is 0 Å². The topological polar surface area (TPSA) is 84.7 Å². The molecule has 32 heavy (non-hydrogen) atoms. The predicted octanol–water partition coefficient (Wildman–Crippen LogP) is 4.60. The number of thioether (sulfide) groups is 1. The Balaban J connectivity index is 1.75. The number of halogens is 3. The Kier molecular flexibility index (Phi) is 7.27. The van der Waals surface area contributed by atoms with Crippen LogP contribution in [-0.2, 0) is 12.7 Å². The second-order valence-corrected chi connectivity index (χ2v) is 9.30. The molecule has 11 heteroatoms. The SMILES string of the molecule is CC(C)Nc1nc(SC(C)C)nc2c1cnn2CCNC(=O)c1cccc(C(F)(F)F)c1. The van der Waals surface area contributed by atoms with E-state index in [1.807, 2.05) is 27.7 Å². The Bertz CT molecular complexity index is 1100. The van der Waals surface area contributed by atoms with Crippen LogP contribution in [0.5, 0.6) is 0 Å². The van der Waals surface area contributed by atoms with Gasteiger partial charge in [0, 0.05) is 23.4 Å². The van der Waals surface area contributed by atoms with E-state index >= 15 is 0 Å². The van der Waals surface area contributed by atoms with Gasteiger partial charge in [-0.3, -0.25) is 4.79 Å². The highest BCUT2D eigenvalue weighted by Gasteiger charge is 2.30. The fourth-order valence-corrected chi connectivity index (χ4v) is 3.66. The van der Waals surface area contributed by atoms with Gasteiger partial charge in [0.1, 0.15) is 5.82 Å². The molecule has 7 nitrogen and oxygen atoms in total. The van der Waals surface area contributed by atoms with E-state index in [0.29, 0.717) is 28.4 Å². The Labute approximate surface area is 188 Å². The average Bonchev–Trinajstić information content (AvgIpc) is 3.09. The Morgan fingerprint density at radius 1 is 1.19 bits per heavy atom. The van der Waals surface area contributed by atoms with Crippen molar-refractivity contribution >= 4 is 34.5 Å². The van der Waals surface area contributed by atoms with Crippen molar-refractivity contribution in [3.05, 3.63) is 41.6 Å². The second kappa shape index (κ2) is 9.76. The number of amides is 1. The molecule has 0 aliphatic rings. The van der Waals surface area contributed by atoms with E-state index in [9.17, 15) is 18.0 Å². The maximum absolute atomic E-state index is 12.9. The van der Waals surface area contributed by atoms with E-state index in [2.05, 4.69) is 25.7 Å². The maximum atomic E-state index is 12.9. The number of hydrogen-bond donors (Lipinski definition) is 2. The molecule has 3 aromatic rings. The molecule has 0 saturated carbocycles. The third kappa shape index (κ3) is 5.90. The number of carbonyl (C=O) groups is 1. The number of hydrogen-bond acceptors (Lipinski definition) is 6. The molecule has 0 fully saturated rings. The summed E-state index contributed by atoms with van der Waals surface area (Å²) < 4.78 is 40.3. The molecule has 0 radical (unpaired) electrons. The first-order chi connectivity index (χ1) is 15.0. The molecule has 2 aromatic heterocycles. The minimum atomic E-state index is -4.50. The normalized spacial score (nSPS) is 12.0. The van der Waals surface area contributed by atoms with Crippen molar-refractivity contribution in [2.45, 2.75) is 56.9 Å². The Morgan fingerprint density at radius 3 is 2.59 bits per heavy atom. The molecule has 0 aliphatic carbocycles. The van der Waals surface area contributed by atoms with E-state index in [-0.39, 0.29) is 18.2 Å². The largest absolute Gasteiger partial charge is 0.416 e. The van der Waals surface area contributed by atoms with Crippen LogP contribution in [0.4, 0.5) is 19.0 Å². The molecule has 172 valence electrons. The quantitative estimate of drug-likeness (QED) is 0.373. The van der Waals surface area contributed by atoms with Gasteiger partial charge in [-0.1, -0.05) is 31.7 Å². The third-order valence-electron chi connectivity index (χ3n) is 4.30. The van der Waals surface area contributed by atoms with E-state index in [0.717, 1.165) is 17.5 Å². The summed E-state index contributed by atoms with van der Waals surface area (Å²) in [6, 6.07) is 4.50. The first-order valence-corrected chi connectivity index (χ1v) is 11.0. The number of rotatable bonds is 8. The smallest absolute Gasteiger partial charge is 0.367 e. The van der Waals surface area contributed by atoms with Gasteiger partial charge in [-0.05, 0) is 32.0 Å². The zero-order valence-electron chi connectivity index (χ0n) is 18.2. The molecular weight excluding hydrogens is 441 g/mol. The summed E-state index contributed by atoms with van der Waals surface area (Å²) in [4.78, 5) is 21.5. The van der Waals surface area contributed by atoms with Crippen LogP contribution >= 0.6 is 11.8 Å². The predicted molar refractivity (Wildman–Crippen MR) is 119 cm³/mol. The van der Waals surface area contributed by atoms with Crippen molar-refractivity contribution in [3.63, 3.8) is 0 Å².